The summed E-state index contributed by atoms with van der Waals surface area (Å²) in [5.41, 5.74) is 4.22. The lowest BCUT2D eigenvalue weighted by atomic mass is 9.77. The summed E-state index contributed by atoms with van der Waals surface area (Å²) in [6.07, 6.45) is 6.59. The number of amides is 1. The van der Waals surface area contributed by atoms with Crippen molar-refractivity contribution in [3.63, 3.8) is 0 Å². The monoisotopic (exact) mass is 450 g/mol. The van der Waals surface area contributed by atoms with Crippen LogP contribution in [0.15, 0.2) is 82.0 Å². The van der Waals surface area contributed by atoms with Crippen molar-refractivity contribution in [2.75, 3.05) is 0 Å². The van der Waals surface area contributed by atoms with Crippen LogP contribution in [0, 0.1) is 5.92 Å². The van der Waals surface area contributed by atoms with Crippen LogP contribution in [0.4, 0.5) is 0 Å². The molecule has 0 spiro atoms. The van der Waals surface area contributed by atoms with E-state index in [4.69, 9.17) is 32.7 Å². The topological polar surface area (TPSA) is 45.8 Å². The zero-order valence-corrected chi connectivity index (χ0v) is 18.2. The number of hydrogen-bond donors (Lipinski definition) is 0. The fourth-order valence-electron chi connectivity index (χ4n) is 4.43. The van der Waals surface area contributed by atoms with Gasteiger partial charge in [-0.2, -0.15) is 5.10 Å². The van der Waals surface area contributed by atoms with Gasteiger partial charge in [-0.05, 0) is 78.4 Å². The summed E-state index contributed by atoms with van der Waals surface area (Å²) in [5, 5.41) is 7.81. The fourth-order valence-corrected chi connectivity index (χ4v) is 4.69. The summed E-state index contributed by atoms with van der Waals surface area (Å²) in [6.45, 7) is 0. The molecule has 4 nitrogen and oxygen atoms in total. The molecule has 1 aromatic heterocycles. The molecular weight excluding hydrogens is 431 g/mol. The zero-order chi connectivity index (χ0) is 21.4. The first-order chi connectivity index (χ1) is 15.1. The molecule has 1 amide bonds. The Balaban J connectivity index is 1.57. The summed E-state index contributed by atoms with van der Waals surface area (Å²) >= 11 is 12.2. The molecule has 0 saturated heterocycles. The summed E-state index contributed by atoms with van der Waals surface area (Å²) in [4.78, 5) is 13.3. The number of rotatable bonds is 3. The molecule has 5 rings (SSSR count). The van der Waals surface area contributed by atoms with E-state index in [-0.39, 0.29) is 23.6 Å². The van der Waals surface area contributed by atoms with E-state index in [0.717, 1.165) is 41.7 Å². The number of carbonyl (C=O) groups is 1. The molecule has 0 bridgehead atoms. The summed E-state index contributed by atoms with van der Waals surface area (Å²) in [6, 6.07) is 18.6. The van der Waals surface area contributed by atoms with Crippen molar-refractivity contribution in [3.05, 3.63) is 99.4 Å². The van der Waals surface area contributed by atoms with Crippen molar-refractivity contribution >= 4 is 40.9 Å². The van der Waals surface area contributed by atoms with Crippen molar-refractivity contribution in [3.8, 4) is 0 Å². The minimum atomic E-state index is -0.238. The number of furan rings is 1. The SMILES string of the molecule is O=C(c1ccco1)N1N=C2/C(=C/c3ccc(Cl)cc3)CCCC2C1c1ccc(Cl)cc1. The van der Waals surface area contributed by atoms with E-state index in [1.54, 1.807) is 17.1 Å². The average Bonchev–Trinajstić information content (AvgIpc) is 3.44. The quantitative estimate of drug-likeness (QED) is 0.430. The van der Waals surface area contributed by atoms with Crippen LogP contribution in [0.5, 0.6) is 0 Å². The third-order valence-electron chi connectivity index (χ3n) is 5.86. The van der Waals surface area contributed by atoms with Gasteiger partial charge < -0.3 is 4.42 Å². The van der Waals surface area contributed by atoms with E-state index in [1.165, 1.54) is 6.26 Å². The smallest absolute Gasteiger partial charge is 0.310 e. The Morgan fingerprint density at radius 3 is 2.42 bits per heavy atom. The lowest BCUT2D eigenvalue weighted by Crippen LogP contribution is -2.31. The maximum absolute atomic E-state index is 13.3. The van der Waals surface area contributed by atoms with Crippen LogP contribution in [-0.2, 0) is 0 Å². The van der Waals surface area contributed by atoms with Crippen molar-refractivity contribution in [1.82, 2.24) is 5.01 Å². The first-order valence-corrected chi connectivity index (χ1v) is 11.0. The van der Waals surface area contributed by atoms with Gasteiger partial charge >= 0.3 is 5.91 Å². The highest BCUT2D eigenvalue weighted by atomic mass is 35.5. The van der Waals surface area contributed by atoms with E-state index in [1.807, 2.05) is 48.5 Å². The molecule has 0 radical (unpaired) electrons. The molecule has 2 heterocycles. The van der Waals surface area contributed by atoms with Crippen LogP contribution in [0.2, 0.25) is 10.0 Å². The van der Waals surface area contributed by atoms with E-state index in [2.05, 4.69) is 6.08 Å². The van der Waals surface area contributed by atoms with E-state index >= 15 is 0 Å². The van der Waals surface area contributed by atoms with Crippen LogP contribution in [0.3, 0.4) is 0 Å². The third-order valence-corrected chi connectivity index (χ3v) is 6.37. The highest BCUT2D eigenvalue weighted by Gasteiger charge is 2.44. The number of allylic oxidation sites excluding steroid dienone is 1. The molecule has 2 aliphatic rings. The maximum Gasteiger partial charge on any atom is 0.310 e. The zero-order valence-electron chi connectivity index (χ0n) is 16.7. The van der Waals surface area contributed by atoms with E-state index in [9.17, 15) is 4.79 Å². The van der Waals surface area contributed by atoms with E-state index < -0.39 is 0 Å². The normalized spacial score (nSPS) is 21.8. The predicted octanol–water partition coefficient (Wildman–Crippen LogP) is 7.02. The Labute approximate surface area is 190 Å². The van der Waals surface area contributed by atoms with Gasteiger partial charge in [-0.25, -0.2) is 5.01 Å². The standard InChI is InChI=1S/C25H20Cl2N2O2/c26-19-10-6-16(7-11-19)15-18-3-1-4-21-23(18)28-29(25(30)22-5-2-14-31-22)24(21)17-8-12-20(27)13-9-17/h2,5-15,21,24H,1,3-4H2/b18-15+. The van der Waals surface area contributed by atoms with Crippen LogP contribution in [0.1, 0.15) is 47.0 Å². The van der Waals surface area contributed by atoms with Gasteiger partial charge in [0.2, 0.25) is 0 Å². The van der Waals surface area contributed by atoms with Gasteiger partial charge in [-0.15, -0.1) is 0 Å². The van der Waals surface area contributed by atoms with Gasteiger partial charge in [-0.1, -0.05) is 47.5 Å². The Hall–Kier alpha value is -2.82. The van der Waals surface area contributed by atoms with Crippen molar-refractivity contribution in [2.24, 2.45) is 11.0 Å². The molecular formula is C25H20Cl2N2O2. The van der Waals surface area contributed by atoms with Crippen molar-refractivity contribution < 1.29 is 9.21 Å². The van der Waals surface area contributed by atoms with E-state index in [0.29, 0.717) is 10.0 Å². The Kier molecular flexibility index (Phi) is 5.43. The largest absolute Gasteiger partial charge is 0.459 e. The third kappa shape index (κ3) is 3.93. The number of fused-ring (bicyclic) bond motifs is 1. The first kappa shape index (κ1) is 20.1. The number of halogens is 2. The van der Waals surface area contributed by atoms with Crippen LogP contribution in [-0.4, -0.2) is 16.6 Å². The van der Waals surface area contributed by atoms with Gasteiger partial charge in [-0.3, -0.25) is 4.79 Å². The summed E-state index contributed by atoms with van der Waals surface area (Å²) in [7, 11) is 0. The Morgan fingerprint density at radius 2 is 1.74 bits per heavy atom. The number of nitrogens with zero attached hydrogens (tertiary/aromatic N) is 2. The predicted molar refractivity (Wildman–Crippen MR) is 123 cm³/mol. The maximum atomic E-state index is 13.3. The fraction of sp³-hybridized carbons (Fsp3) is 0.200. The van der Waals surface area contributed by atoms with Crippen molar-refractivity contribution in [1.29, 1.82) is 0 Å². The molecule has 2 atom stereocenters. The molecule has 2 aromatic carbocycles. The molecule has 2 unspecified atom stereocenters. The molecule has 3 aromatic rings. The lowest BCUT2D eigenvalue weighted by molar-refractivity contribution is 0.0648. The van der Waals surface area contributed by atoms with Gasteiger partial charge in [0.25, 0.3) is 0 Å². The second-order valence-electron chi connectivity index (χ2n) is 7.83. The lowest BCUT2D eigenvalue weighted by Gasteiger charge is -2.29. The second-order valence-corrected chi connectivity index (χ2v) is 8.70. The van der Waals surface area contributed by atoms with Crippen LogP contribution < -0.4 is 0 Å². The highest BCUT2D eigenvalue weighted by Crippen LogP contribution is 2.45. The molecule has 1 saturated carbocycles. The molecule has 1 fully saturated rings. The van der Waals surface area contributed by atoms with Crippen LogP contribution in [0.25, 0.3) is 6.08 Å². The molecule has 1 aliphatic heterocycles. The molecule has 156 valence electrons. The minimum absolute atomic E-state index is 0.118. The highest BCUT2D eigenvalue weighted by molar-refractivity contribution is 6.30. The summed E-state index contributed by atoms with van der Waals surface area (Å²) in [5.74, 6) is 0.162. The molecule has 0 N–H and O–H groups in total. The van der Waals surface area contributed by atoms with Crippen LogP contribution >= 0.6 is 23.2 Å². The molecule has 1 aliphatic carbocycles. The van der Waals surface area contributed by atoms with Gasteiger partial charge in [0.15, 0.2) is 5.76 Å². The summed E-state index contributed by atoms with van der Waals surface area (Å²) < 4.78 is 5.39. The first-order valence-electron chi connectivity index (χ1n) is 10.3. The van der Waals surface area contributed by atoms with Crippen molar-refractivity contribution in [2.45, 2.75) is 25.3 Å². The number of hydrazone groups is 1. The molecule has 6 heteroatoms. The van der Waals surface area contributed by atoms with Gasteiger partial charge in [0, 0.05) is 16.0 Å². The number of benzene rings is 2. The minimum Gasteiger partial charge on any atom is -0.459 e. The Bertz CT molecular complexity index is 1150. The second kappa shape index (κ2) is 8.37. The molecule has 31 heavy (non-hydrogen) atoms. The van der Waals surface area contributed by atoms with Gasteiger partial charge in [0.1, 0.15) is 0 Å². The number of hydrogen-bond acceptors (Lipinski definition) is 3. The number of carbonyl (C=O) groups excluding carboxylic acids is 1. The Morgan fingerprint density at radius 1 is 1.03 bits per heavy atom. The average molecular weight is 451 g/mol. The van der Waals surface area contributed by atoms with Gasteiger partial charge in [0.05, 0.1) is 18.0 Å².